The first-order chi connectivity index (χ1) is 10.2. The van der Waals surface area contributed by atoms with Gasteiger partial charge in [-0.2, -0.15) is 0 Å². The third-order valence-corrected chi connectivity index (χ3v) is 4.56. The standard InChI is InChI=1S/C17H17N3O/c1-2-18-13-6-5-11-9-17(10-12(11)8-13)14-4-3-7-19-15(14)20-16(17)21/h3-8,18H,2,9-10H2,1H3,(H,19,20,21). The molecule has 0 saturated heterocycles. The number of amides is 1. The van der Waals surface area contributed by atoms with Gasteiger partial charge in [-0.15, -0.1) is 0 Å². The monoisotopic (exact) mass is 279 g/mol. The summed E-state index contributed by atoms with van der Waals surface area (Å²) in [5.74, 6) is 0.805. The second-order valence-corrected chi connectivity index (χ2v) is 5.80. The molecule has 1 aromatic carbocycles. The molecule has 106 valence electrons. The van der Waals surface area contributed by atoms with Crippen molar-refractivity contribution in [2.45, 2.75) is 25.2 Å². The first-order valence-electron chi connectivity index (χ1n) is 7.35. The Labute approximate surface area is 123 Å². The third kappa shape index (κ3) is 1.68. The maximum atomic E-state index is 12.6. The number of nitrogens with zero attached hydrogens (tertiary/aromatic N) is 1. The number of carbonyl (C=O) groups excluding carboxylic acids is 1. The van der Waals surface area contributed by atoms with Crippen molar-refractivity contribution in [3.05, 3.63) is 53.2 Å². The number of aromatic nitrogens is 1. The van der Waals surface area contributed by atoms with Gasteiger partial charge in [0.05, 0.1) is 5.41 Å². The van der Waals surface area contributed by atoms with Crippen molar-refractivity contribution in [1.29, 1.82) is 0 Å². The van der Waals surface area contributed by atoms with Crippen molar-refractivity contribution in [2.24, 2.45) is 0 Å². The fourth-order valence-electron chi connectivity index (χ4n) is 3.58. The quantitative estimate of drug-likeness (QED) is 0.888. The molecule has 4 heteroatoms. The number of hydrogen-bond donors (Lipinski definition) is 2. The van der Waals surface area contributed by atoms with E-state index in [0.29, 0.717) is 0 Å². The molecule has 1 aromatic heterocycles. The zero-order valence-electron chi connectivity index (χ0n) is 11.9. The van der Waals surface area contributed by atoms with Gasteiger partial charge >= 0.3 is 0 Å². The van der Waals surface area contributed by atoms with E-state index in [1.807, 2.05) is 12.1 Å². The molecule has 0 fully saturated rings. The summed E-state index contributed by atoms with van der Waals surface area (Å²) in [4.78, 5) is 16.9. The van der Waals surface area contributed by atoms with Crippen LogP contribution in [0.4, 0.5) is 11.5 Å². The fraction of sp³-hybridized carbons (Fsp3) is 0.294. The van der Waals surface area contributed by atoms with Gasteiger partial charge in [0.1, 0.15) is 5.82 Å². The number of nitrogens with one attached hydrogen (secondary N) is 2. The highest BCUT2D eigenvalue weighted by Crippen LogP contribution is 2.46. The molecule has 4 nitrogen and oxygen atoms in total. The van der Waals surface area contributed by atoms with E-state index in [2.05, 4.69) is 40.7 Å². The van der Waals surface area contributed by atoms with Crippen LogP contribution in [-0.4, -0.2) is 17.4 Å². The zero-order valence-corrected chi connectivity index (χ0v) is 11.9. The van der Waals surface area contributed by atoms with Crippen LogP contribution in [0.3, 0.4) is 0 Å². The minimum absolute atomic E-state index is 0.0809. The molecule has 2 aliphatic rings. The number of carbonyl (C=O) groups is 1. The highest BCUT2D eigenvalue weighted by atomic mass is 16.2. The number of pyridine rings is 1. The Kier molecular flexibility index (Phi) is 2.55. The zero-order chi connectivity index (χ0) is 14.4. The largest absolute Gasteiger partial charge is 0.385 e. The number of rotatable bonds is 2. The minimum atomic E-state index is -0.462. The number of anilines is 2. The Morgan fingerprint density at radius 2 is 2.14 bits per heavy atom. The molecule has 2 N–H and O–H groups in total. The highest BCUT2D eigenvalue weighted by molar-refractivity contribution is 6.06. The van der Waals surface area contributed by atoms with E-state index in [9.17, 15) is 4.79 Å². The number of hydrogen-bond acceptors (Lipinski definition) is 3. The van der Waals surface area contributed by atoms with Gasteiger partial charge in [-0.25, -0.2) is 4.98 Å². The summed E-state index contributed by atoms with van der Waals surface area (Å²) in [6.07, 6.45) is 3.24. The van der Waals surface area contributed by atoms with Crippen molar-refractivity contribution in [2.75, 3.05) is 17.2 Å². The van der Waals surface area contributed by atoms with Crippen LogP contribution < -0.4 is 10.6 Å². The molecule has 1 aliphatic carbocycles. The van der Waals surface area contributed by atoms with E-state index in [1.165, 1.54) is 11.1 Å². The Bertz CT molecular complexity index is 741. The van der Waals surface area contributed by atoms with Gasteiger partial charge in [0, 0.05) is 24.0 Å². The summed E-state index contributed by atoms with van der Waals surface area (Å²) in [5.41, 5.74) is 4.23. The average Bonchev–Trinajstić information content (AvgIpc) is 2.99. The van der Waals surface area contributed by atoms with Crippen molar-refractivity contribution < 1.29 is 4.79 Å². The summed E-state index contributed by atoms with van der Waals surface area (Å²) in [6.45, 7) is 2.98. The van der Waals surface area contributed by atoms with Gasteiger partial charge in [-0.1, -0.05) is 12.1 Å². The summed E-state index contributed by atoms with van der Waals surface area (Å²) >= 11 is 0. The molecule has 1 spiro atoms. The van der Waals surface area contributed by atoms with Crippen LogP contribution >= 0.6 is 0 Å². The lowest BCUT2D eigenvalue weighted by molar-refractivity contribution is -0.120. The van der Waals surface area contributed by atoms with Crippen LogP contribution in [0.25, 0.3) is 0 Å². The minimum Gasteiger partial charge on any atom is -0.385 e. The predicted molar refractivity (Wildman–Crippen MR) is 82.6 cm³/mol. The molecule has 1 unspecified atom stereocenters. The van der Waals surface area contributed by atoms with Gasteiger partial charge in [0.15, 0.2) is 0 Å². The van der Waals surface area contributed by atoms with Crippen molar-refractivity contribution >= 4 is 17.4 Å². The Balaban J connectivity index is 1.78. The first kappa shape index (κ1) is 12.4. The van der Waals surface area contributed by atoms with E-state index < -0.39 is 5.41 Å². The second kappa shape index (κ2) is 4.32. The lowest BCUT2D eigenvalue weighted by Gasteiger charge is -2.20. The van der Waals surface area contributed by atoms with Crippen LogP contribution in [0.1, 0.15) is 23.6 Å². The van der Waals surface area contributed by atoms with Gasteiger partial charge in [0.25, 0.3) is 0 Å². The van der Waals surface area contributed by atoms with E-state index in [4.69, 9.17) is 0 Å². The molecule has 1 aliphatic heterocycles. The van der Waals surface area contributed by atoms with E-state index in [0.717, 1.165) is 36.5 Å². The van der Waals surface area contributed by atoms with E-state index in [1.54, 1.807) is 6.20 Å². The summed E-state index contributed by atoms with van der Waals surface area (Å²) in [5, 5.41) is 6.27. The molecule has 1 amide bonds. The Hall–Kier alpha value is -2.36. The number of fused-ring (bicyclic) bond motifs is 3. The molecule has 0 radical (unpaired) electrons. The maximum Gasteiger partial charge on any atom is 0.237 e. The normalized spacial score (nSPS) is 22.0. The predicted octanol–water partition coefficient (Wildman–Crippen LogP) is 2.50. The van der Waals surface area contributed by atoms with Crippen LogP contribution in [0.15, 0.2) is 36.5 Å². The third-order valence-electron chi connectivity index (χ3n) is 4.56. The van der Waals surface area contributed by atoms with Crippen LogP contribution in [-0.2, 0) is 23.1 Å². The fourth-order valence-corrected chi connectivity index (χ4v) is 3.58. The van der Waals surface area contributed by atoms with Crippen molar-refractivity contribution in [3.8, 4) is 0 Å². The van der Waals surface area contributed by atoms with Crippen LogP contribution in [0, 0.1) is 0 Å². The number of benzene rings is 1. The van der Waals surface area contributed by atoms with Gasteiger partial charge in [-0.05, 0) is 49.1 Å². The molecular formula is C17H17N3O. The summed E-state index contributed by atoms with van der Waals surface area (Å²) < 4.78 is 0. The molecule has 2 heterocycles. The molecule has 4 rings (SSSR count). The van der Waals surface area contributed by atoms with Gasteiger partial charge in [-0.3, -0.25) is 4.79 Å². The Morgan fingerprint density at radius 1 is 1.29 bits per heavy atom. The Morgan fingerprint density at radius 3 is 3.00 bits per heavy atom. The first-order valence-corrected chi connectivity index (χ1v) is 7.35. The van der Waals surface area contributed by atoms with Crippen molar-refractivity contribution in [3.63, 3.8) is 0 Å². The molecule has 0 saturated carbocycles. The van der Waals surface area contributed by atoms with Gasteiger partial charge in [0.2, 0.25) is 5.91 Å². The molecule has 0 bridgehead atoms. The van der Waals surface area contributed by atoms with E-state index in [-0.39, 0.29) is 5.91 Å². The van der Waals surface area contributed by atoms with Crippen LogP contribution in [0.2, 0.25) is 0 Å². The smallest absolute Gasteiger partial charge is 0.237 e. The lowest BCUT2D eigenvalue weighted by atomic mass is 9.79. The summed E-state index contributed by atoms with van der Waals surface area (Å²) in [6, 6.07) is 10.3. The topological polar surface area (TPSA) is 54.0 Å². The van der Waals surface area contributed by atoms with Crippen molar-refractivity contribution in [1.82, 2.24) is 4.98 Å². The van der Waals surface area contributed by atoms with E-state index >= 15 is 0 Å². The highest BCUT2D eigenvalue weighted by Gasteiger charge is 2.50. The molecule has 1 atom stereocenters. The maximum absolute atomic E-state index is 12.6. The SMILES string of the molecule is CCNc1ccc2c(c1)CC1(C2)C(=O)Nc2ncccc21. The second-order valence-electron chi connectivity index (χ2n) is 5.80. The lowest BCUT2D eigenvalue weighted by Crippen LogP contribution is -2.35. The van der Waals surface area contributed by atoms with Crippen LogP contribution in [0.5, 0.6) is 0 Å². The molecular weight excluding hydrogens is 262 g/mol. The average molecular weight is 279 g/mol. The summed E-state index contributed by atoms with van der Waals surface area (Å²) in [7, 11) is 0. The molecule has 2 aromatic rings. The van der Waals surface area contributed by atoms with Gasteiger partial charge < -0.3 is 10.6 Å². The molecule has 21 heavy (non-hydrogen) atoms.